The third kappa shape index (κ3) is 4.68. The van der Waals surface area contributed by atoms with Gasteiger partial charge < -0.3 is 14.5 Å². The predicted molar refractivity (Wildman–Crippen MR) is 121 cm³/mol. The van der Waals surface area contributed by atoms with Crippen LogP contribution >= 0.6 is 0 Å². The van der Waals surface area contributed by atoms with Crippen LogP contribution in [-0.4, -0.2) is 62.1 Å². The Morgan fingerprint density at radius 2 is 1.80 bits per heavy atom. The lowest BCUT2D eigenvalue weighted by Crippen LogP contribution is -2.49. The first kappa shape index (κ1) is 20.5. The number of rotatable bonds is 5. The van der Waals surface area contributed by atoms with Crippen LogP contribution in [0.2, 0.25) is 0 Å². The monoisotopic (exact) mass is 405 g/mol. The first-order valence-electron chi connectivity index (χ1n) is 10.8. The van der Waals surface area contributed by atoms with E-state index in [-0.39, 0.29) is 5.91 Å². The van der Waals surface area contributed by atoms with Crippen molar-refractivity contribution in [3.63, 3.8) is 0 Å². The molecular formula is C25H31N3O2. The van der Waals surface area contributed by atoms with Crippen molar-refractivity contribution in [1.82, 2.24) is 9.80 Å². The quantitative estimate of drug-likeness (QED) is 0.763. The van der Waals surface area contributed by atoms with E-state index in [0.29, 0.717) is 0 Å². The lowest BCUT2D eigenvalue weighted by Gasteiger charge is -2.37. The Labute approximate surface area is 179 Å². The molecule has 1 amide bonds. The topological polar surface area (TPSA) is 36.0 Å². The molecule has 2 aliphatic heterocycles. The third-order valence-electron chi connectivity index (χ3n) is 6.13. The second-order valence-electron chi connectivity index (χ2n) is 8.13. The van der Waals surface area contributed by atoms with Crippen LogP contribution in [0.15, 0.2) is 60.2 Å². The molecular weight excluding hydrogens is 374 g/mol. The summed E-state index contributed by atoms with van der Waals surface area (Å²) in [6, 6.07) is 16.7. The van der Waals surface area contributed by atoms with E-state index in [1.807, 2.05) is 17.0 Å². The normalized spacial score (nSPS) is 17.6. The van der Waals surface area contributed by atoms with Gasteiger partial charge in [0.15, 0.2) is 0 Å². The molecule has 0 spiro atoms. The number of benzene rings is 2. The number of amides is 1. The van der Waals surface area contributed by atoms with Gasteiger partial charge in [-0.25, -0.2) is 0 Å². The van der Waals surface area contributed by atoms with Gasteiger partial charge in [0.25, 0.3) is 0 Å². The van der Waals surface area contributed by atoms with Crippen molar-refractivity contribution in [2.24, 2.45) is 0 Å². The Kier molecular flexibility index (Phi) is 6.38. The lowest BCUT2D eigenvalue weighted by atomic mass is 10.0. The van der Waals surface area contributed by atoms with Crippen LogP contribution in [0.1, 0.15) is 17.5 Å². The highest BCUT2D eigenvalue weighted by molar-refractivity contribution is 5.93. The van der Waals surface area contributed by atoms with E-state index >= 15 is 0 Å². The number of para-hydroxylation sites is 1. The van der Waals surface area contributed by atoms with Gasteiger partial charge in [-0.2, -0.15) is 0 Å². The average Bonchev–Trinajstić information content (AvgIpc) is 2.80. The van der Waals surface area contributed by atoms with E-state index in [2.05, 4.69) is 59.2 Å². The van der Waals surface area contributed by atoms with Crippen molar-refractivity contribution in [2.45, 2.75) is 19.9 Å². The number of hydrogen-bond acceptors (Lipinski definition) is 4. The molecule has 30 heavy (non-hydrogen) atoms. The minimum Gasteiger partial charge on any atom is -0.497 e. The van der Waals surface area contributed by atoms with Crippen molar-refractivity contribution < 1.29 is 9.53 Å². The van der Waals surface area contributed by atoms with Gasteiger partial charge in [0.2, 0.25) is 5.91 Å². The molecule has 5 heteroatoms. The number of carbonyl (C=O) groups excluding carboxylic acids is 1. The Bertz CT molecular complexity index is 916. The highest BCUT2D eigenvalue weighted by Gasteiger charge is 2.26. The maximum atomic E-state index is 13.0. The van der Waals surface area contributed by atoms with Crippen LogP contribution in [0.5, 0.6) is 5.75 Å². The van der Waals surface area contributed by atoms with E-state index in [1.165, 1.54) is 16.8 Å². The average molecular weight is 406 g/mol. The highest BCUT2D eigenvalue weighted by atomic mass is 16.5. The van der Waals surface area contributed by atoms with Crippen LogP contribution in [0.4, 0.5) is 5.69 Å². The molecule has 0 aromatic heterocycles. The SMILES string of the molecule is COc1cccc(CN2CC=C(C(=O)N3CCN(c4ccccc4C)CC3)CC2)c1. The molecule has 2 heterocycles. The Morgan fingerprint density at radius 3 is 2.50 bits per heavy atom. The fourth-order valence-corrected chi connectivity index (χ4v) is 4.35. The van der Waals surface area contributed by atoms with Gasteiger partial charge in [-0.1, -0.05) is 36.4 Å². The van der Waals surface area contributed by atoms with E-state index in [4.69, 9.17) is 4.74 Å². The molecule has 0 saturated carbocycles. The largest absolute Gasteiger partial charge is 0.497 e. The molecule has 0 bridgehead atoms. The summed E-state index contributed by atoms with van der Waals surface area (Å²) in [7, 11) is 1.70. The minimum absolute atomic E-state index is 0.223. The number of carbonyl (C=O) groups is 1. The number of anilines is 1. The molecule has 2 aromatic carbocycles. The lowest BCUT2D eigenvalue weighted by molar-refractivity contribution is -0.127. The van der Waals surface area contributed by atoms with Crippen molar-refractivity contribution >= 4 is 11.6 Å². The zero-order chi connectivity index (χ0) is 20.9. The van der Waals surface area contributed by atoms with E-state index in [0.717, 1.165) is 63.6 Å². The fraction of sp³-hybridized carbons (Fsp3) is 0.400. The van der Waals surface area contributed by atoms with Crippen LogP contribution in [-0.2, 0) is 11.3 Å². The summed E-state index contributed by atoms with van der Waals surface area (Å²) >= 11 is 0. The molecule has 0 radical (unpaired) electrons. The standard InChI is InChI=1S/C25H31N3O2/c1-20-6-3-4-9-24(20)27-14-16-28(17-15-27)25(29)22-10-12-26(13-11-22)19-21-7-5-8-23(18-21)30-2/h3-10,18H,11-17,19H2,1-2H3. The van der Waals surface area contributed by atoms with Gasteiger partial charge in [0, 0.05) is 57.1 Å². The predicted octanol–water partition coefficient (Wildman–Crippen LogP) is 3.48. The van der Waals surface area contributed by atoms with E-state index < -0.39 is 0 Å². The number of ether oxygens (including phenoxy) is 1. The van der Waals surface area contributed by atoms with Crippen molar-refractivity contribution in [2.75, 3.05) is 51.3 Å². The second kappa shape index (κ2) is 9.35. The molecule has 0 unspecified atom stereocenters. The Hall–Kier alpha value is -2.79. The van der Waals surface area contributed by atoms with Gasteiger partial charge in [-0.05, 0) is 42.7 Å². The van der Waals surface area contributed by atoms with Gasteiger partial charge in [0.05, 0.1) is 7.11 Å². The van der Waals surface area contributed by atoms with Crippen LogP contribution in [0.3, 0.4) is 0 Å². The molecule has 2 aliphatic rings. The van der Waals surface area contributed by atoms with Crippen molar-refractivity contribution in [1.29, 1.82) is 0 Å². The molecule has 4 rings (SSSR count). The molecule has 0 atom stereocenters. The molecule has 158 valence electrons. The molecule has 5 nitrogen and oxygen atoms in total. The summed E-state index contributed by atoms with van der Waals surface area (Å²) in [6.07, 6.45) is 2.94. The Balaban J connectivity index is 1.30. The first-order valence-corrected chi connectivity index (χ1v) is 10.8. The van der Waals surface area contributed by atoms with E-state index in [1.54, 1.807) is 7.11 Å². The summed E-state index contributed by atoms with van der Waals surface area (Å²) in [6.45, 7) is 8.13. The summed E-state index contributed by atoms with van der Waals surface area (Å²) in [5, 5.41) is 0. The number of methoxy groups -OCH3 is 1. The van der Waals surface area contributed by atoms with Crippen LogP contribution in [0.25, 0.3) is 0 Å². The summed E-state index contributed by atoms with van der Waals surface area (Å²) < 4.78 is 5.32. The van der Waals surface area contributed by atoms with Gasteiger partial charge in [-0.15, -0.1) is 0 Å². The minimum atomic E-state index is 0.223. The van der Waals surface area contributed by atoms with Crippen LogP contribution < -0.4 is 9.64 Å². The van der Waals surface area contributed by atoms with Crippen molar-refractivity contribution in [3.8, 4) is 5.75 Å². The number of hydrogen-bond donors (Lipinski definition) is 0. The van der Waals surface area contributed by atoms with E-state index in [9.17, 15) is 4.79 Å². The molecule has 0 aliphatic carbocycles. The van der Waals surface area contributed by atoms with Gasteiger partial charge in [-0.3, -0.25) is 9.69 Å². The first-order chi connectivity index (χ1) is 14.6. The smallest absolute Gasteiger partial charge is 0.249 e. The molecule has 1 fully saturated rings. The zero-order valence-corrected chi connectivity index (χ0v) is 18.0. The van der Waals surface area contributed by atoms with Gasteiger partial charge >= 0.3 is 0 Å². The zero-order valence-electron chi connectivity index (χ0n) is 18.0. The third-order valence-corrected chi connectivity index (χ3v) is 6.13. The summed E-state index contributed by atoms with van der Waals surface area (Å²) in [5.41, 5.74) is 4.80. The summed E-state index contributed by atoms with van der Waals surface area (Å²) in [5.74, 6) is 1.11. The Morgan fingerprint density at radius 1 is 1.00 bits per heavy atom. The van der Waals surface area contributed by atoms with Gasteiger partial charge in [0.1, 0.15) is 5.75 Å². The van der Waals surface area contributed by atoms with Crippen LogP contribution in [0, 0.1) is 6.92 Å². The number of piperazine rings is 1. The molecule has 0 N–H and O–H groups in total. The maximum Gasteiger partial charge on any atom is 0.249 e. The number of nitrogens with zero attached hydrogens (tertiary/aromatic N) is 3. The molecule has 1 saturated heterocycles. The fourth-order valence-electron chi connectivity index (χ4n) is 4.35. The molecule has 2 aromatic rings. The van der Waals surface area contributed by atoms with Crippen molar-refractivity contribution in [3.05, 3.63) is 71.3 Å². The highest BCUT2D eigenvalue weighted by Crippen LogP contribution is 2.23. The second-order valence-corrected chi connectivity index (χ2v) is 8.13. The summed E-state index contributed by atoms with van der Waals surface area (Å²) in [4.78, 5) is 19.8. The maximum absolute atomic E-state index is 13.0. The number of aryl methyl sites for hydroxylation is 1.